The van der Waals surface area contributed by atoms with E-state index in [1.807, 2.05) is 18.2 Å². The highest BCUT2D eigenvalue weighted by atomic mass is 79.9. The van der Waals surface area contributed by atoms with Crippen LogP contribution < -0.4 is 0 Å². The maximum absolute atomic E-state index is 13.5. The van der Waals surface area contributed by atoms with Gasteiger partial charge in [0.15, 0.2) is 5.78 Å². The van der Waals surface area contributed by atoms with Crippen molar-refractivity contribution in [2.75, 3.05) is 0 Å². The Kier molecular flexibility index (Phi) is 4.71. The van der Waals surface area contributed by atoms with Gasteiger partial charge in [-0.15, -0.1) is 0 Å². The Morgan fingerprint density at radius 2 is 1.85 bits per heavy atom. The van der Waals surface area contributed by atoms with Crippen LogP contribution in [-0.4, -0.2) is 5.78 Å². The summed E-state index contributed by atoms with van der Waals surface area (Å²) in [7, 11) is 0. The summed E-state index contributed by atoms with van der Waals surface area (Å²) in [5.41, 5.74) is 2.10. The summed E-state index contributed by atoms with van der Waals surface area (Å²) in [6.07, 6.45) is 0.926. The molecular weight excluding hydrogens is 319 g/mol. The Morgan fingerprint density at radius 3 is 2.50 bits per heavy atom. The number of carbonyl (C=O) groups excluding carboxylic acids is 1. The van der Waals surface area contributed by atoms with Crippen LogP contribution in [0.1, 0.15) is 35.3 Å². The molecule has 2 aromatic rings. The molecule has 0 aliphatic rings. The number of carbonyl (C=O) groups is 1. The van der Waals surface area contributed by atoms with E-state index in [4.69, 9.17) is 0 Å². The summed E-state index contributed by atoms with van der Waals surface area (Å²) in [4.78, 5) is 12.4. The van der Waals surface area contributed by atoms with Gasteiger partial charge in [-0.2, -0.15) is 0 Å². The summed E-state index contributed by atoms with van der Waals surface area (Å²) < 4.78 is 13.9. The van der Waals surface area contributed by atoms with Crippen LogP contribution in [0.3, 0.4) is 0 Å². The van der Waals surface area contributed by atoms with Gasteiger partial charge in [0, 0.05) is 11.1 Å². The van der Waals surface area contributed by atoms with E-state index in [-0.39, 0.29) is 5.78 Å². The number of hydrogen-bond acceptors (Lipinski definition) is 1. The van der Waals surface area contributed by atoms with Gasteiger partial charge in [-0.25, -0.2) is 4.39 Å². The van der Waals surface area contributed by atoms with Gasteiger partial charge in [-0.3, -0.25) is 4.79 Å². The fourth-order valence-corrected chi connectivity index (χ4v) is 2.36. The van der Waals surface area contributed by atoms with Crippen LogP contribution in [0.25, 0.3) is 0 Å². The molecule has 0 aromatic heterocycles. The molecule has 20 heavy (non-hydrogen) atoms. The molecule has 2 rings (SSSR count). The van der Waals surface area contributed by atoms with E-state index in [9.17, 15) is 9.18 Å². The number of ketones is 1. The average Bonchev–Trinajstić information content (AvgIpc) is 2.40. The van der Waals surface area contributed by atoms with Crippen LogP contribution >= 0.6 is 15.9 Å². The Labute approximate surface area is 127 Å². The smallest absolute Gasteiger partial charge is 0.193 e. The zero-order chi connectivity index (χ0) is 14.7. The Morgan fingerprint density at radius 1 is 1.15 bits per heavy atom. The molecule has 0 unspecified atom stereocenters. The lowest BCUT2D eigenvalue weighted by molar-refractivity contribution is 0.103. The predicted molar refractivity (Wildman–Crippen MR) is 82.5 cm³/mol. The summed E-state index contributed by atoms with van der Waals surface area (Å²) in [6.45, 7) is 4.27. The fourth-order valence-electron chi connectivity index (χ4n) is 2.11. The van der Waals surface area contributed by atoms with Gasteiger partial charge in [0.05, 0.1) is 4.47 Å². The lowest BCUT2D eigenvalue weighted by Crippen LogP contribution is -2.03. The molecule has 0 heterocycles. The molecule has 0 aliphatic heterocycles. The second-order valence-corrected chi connectivity index (χ2v) is 6.11. The van der Waals surface area contributed by atoms with E-state index >= 15 is 0 Å². The maximum atomic E-state index is 13.5. The van der Waals surface area contributed by atoms with Gasteiger partial charge >= 0.3 is 0 Å². The van der Waals surface area contributed by atoms with Crippen molar-refractivity contribution in [3.63, 3.8) is 0 Å². The minimum absolute atomic E-state index is 0.151. The first-order valence-corrected chi connectivity index (χ1v) is 7.35. The van der Waals surface area contributed by atoms with E-state index in [1.165, 1.54) is 6.07 Å². The zero-order valence-electron chi connectivity index (χ0n) is 11.5. The third-order valence-corrected chi connectivity index (χ3v) is 3.66. The van der Waals surface area contributed by atoms with Gasteiger partial charge in [-0.1, -0.05) is 32.0 Å². The van der Waals surface area contributed by atoms with Gasteiger partial charge in [0.25, 0.3) is 0 Å². The van der Waals surface area contributed by atoms with E-state index in [1.54, 1.807) is 18.2 Å². The highest BCUT2D eigenvalue weighted by molar-refractivity contribution is 9.10. The minimum Gasteiger partial charge on any atom is -0.289 e. The zero-order valence-corrected chi connectivity index (χ0v) is 13.1. The molecule has 0 bridgehead atoms. The van der Waals surface area contributed by atoms with Crippen molar-refractivity contribution in [2.45, 2.75) is 20.3 Å². The molecule has 0 N–H and O–H groups in total. The molecule has 0 fully saturated rings. The van der Waals surface area contributed by atoms with Crippen LogP contribution in [0.4, 0.5) is 4.39 Å². The molecule has 3 heteroatoms. The van der Waals surface area contributed by atoms with E-state index in [0.717, 1.165) is 12.0 Å². The third kappa shape index (κ3) is 3.54. The number of hydrogen-bond donors (Lipinski definition) is 0. The first-order chi connectivity index (χ1) is 9.47. The number of benzene rings is 2. The second-order valence-electron chi connectivity index (χ2n) is 5.26. The van der Waals surface area contributed by atoms with Crippen LogP contribution in [-0.2, 0) is 6.42 Å². The van der Waals surface area contributed by atoms with Crippen molar-refractivity contribution in [1.82, 2.24) is 0 Å². The first-order valence-electron chi connectivity index (χ1n) is 6.56. The molecule has 0 amide bonds. The van der Waals surface area contributed by atoms with Gasteiger partial charge < -0.3 is 0 Å². The monoisotopic (exact) mass is 334 g/mol. The normalized spacial score (nSPS) is 10.8. The number of halogens is 2. The number of rotatable bonds is 4. The highest BCUT2D eigenvalue weighted by Gasteiger charge is 2.12. The van der Waals surface area contributed by atoms with Gasteiger partial charge in [0.2, 0.25) is 0 Å². The topological polar surface area (TPSA) is 17.1 Å². The van der Waals surface area contributed by atoms with Crippen LogP contribution in [0.5, 0.6) is 0 Å². The largest absolute Gasteiger partial charge is 0.289 e. The molecule has 2 aromatic carbocycles. The minimum atomic E-state index is -0.422. The molecular formula is C17H16BrFO. The maximum Gasteiger partial charge on any atom is 0.193 e. The van der Waals surface area contributed by atoms with Gasteiger partial charge in [-0.05, 0) is 58.1 Å². The fraction of sp³-hybridized carbons (Fsp3) is 0.235. The quantitative estimate of drug-likeness (QED) is 0.717. The molecule has 0 saturated carbocycles. The second kappa shape index (κ2) is 6.31. The standard InChI is InChI=1S/C17H16BrFO/c1-11(2)8-12-4-3-5-13(9-12)17(20)14-6-7-15(18)16(19)10-14/h3-7,9-11H,8H2,1-2H3. The molecule has 0 radical (unpaired) electrons. The van der Waals surface area contributed by atoms with Crippen molar-refractivity contribution >= 4 is 21.7 Å². The van der Waals surface area contributed by atoms with Crippen molar-refractivity contribution in [3.8, 4) is 0 Å². The van der Waals surface area contributed by atoms with Crippen LogP contribution in [0.15, 0.2) is 46.9 Å². The lowest BCUT2D eigenvalue weighted by atomic mass is 9.97. The molecule has 104 valence electrons. The summed E-state index contributed by atoms with van der Waals surface area (Å²) >= 11 is 3.09. The Hall–Kier alpha value is -1.48. The van der Waals surface area contributed by atoms with E-state index in [2.05, 4.69) is 29.8 Å². The van der Waals surface area contributed by atoms with Crippen LogP contribution in [0.2, 0.25) is 0 Å². The molecule has 0 aliphatic carbocycles. The highest BCUT2D eigenvalue weighted by Crippen LogP contribution is 2.19. The molecule has 1 nitrogen and oxygen atoms in total. The van der Waals surface area contributed by atoms with E-state index < -0.39 is 5.82 Å². The summed E-state index contributed by atoms with van der Waals surface area (Å²) in [5, 5.41) is 0. The lowest BCUT2D eigenvalue weighted by Gasteiger charge is -2.07. The molecule has 0 spiro atoms. The van der Waals surface area contributed by atoms with E-state index in [0.29, 0.717) is 21.5 Å². The summed E-state index contributed by atoms with van der Waals surface area (Å²) in [6, 6.07) is 12.0. The Bertz CT molecular complexity index is 635. The first kappa shape index (κ1) is 14.9. The van der Waals surface area contributed by atoms with Crippen molar-refractivity contribution in [1.29, 1.82) is 0 Å². The van der Waals surface area contributed by atoms with Crippen molar-refractivity contribution < 1.29 is 9.18 Å². The molecule has 0 saturated heterocycles. The van der Waals surface area contributed by atoms with Crippen molar-refractivity contribution in [3.05, 3.63) is 69.4 Å². The van der Waals surface area contributed by atoms with Gasteiger partial charge in [0.1, 0.15) is 5.82 Å². The third-order valence-electron chi connectivity index (χ3n) is 3.01. The molecule has 0 atom stereocenters. The van der Waals surface area contributed by atoms with Crippen LogP contribution in [0, 0.1) is 11.7 Å². The average molecular weight is 335 g/mol. The SMILES string of the molecule is CC(C)Cc1cccc(C(=O)c2ccc(Br)c(F)c2)c1. The Balaban J connectivity index is 2.30. The predicted octanol–water partition coefficient (Wildman–Crippen LogP) is 5.02. The van der Waals surface area contributed by atoms with Crippen molar-refractivity contribution in [2.24, 2.45) is 5.92 Å². The summed E-state index contributed by atoms with van der Waals surface area (Å²) in [5.74, 6) is -0.0401.